The van der Waals surface area contributed by atoms with Crippen LogP contribution in [0.4, 0.5) is 5.69 Å². The van der Waals surface area contributed by atoms with E-state index >= 15 is 0 Å². The lowest BCUT2D eigenvalue weighted by Crippen LogP contribution is -2.44. The normalized spacial score (nSPS) is 21.9. The van der Waals surface area contributed by atoms with E-state index in [4.69, 9.17) is 11.6 Å². The third-order valence-corrected chi connectivity index (χ3v) is 3.95. The molecule has 2 rings (SSSR count). The summed E-state index contributed by atoms with van der Waals surface area (Å²) in [5.41, 5.74) is 1.16. The van der Waals surface area contributed by atoms with Crippen molar-refractivity contribution in [3.63, 3.8) is 0 Å². The van der Waals surface area contributed by atoms with Crippen LogP contribution in [0, 0.1) is 0 Å². The number of nitrogens with one attached hydrogen (secondary N) is 1. The molecule has 0 radical (unpaired) electrons. The van der Waals surface area contributed by atoms with Crippen LogP contribution in [-0.4, -0.2) is 51.2 Å². The Bertz CT molecular complexity index is 383. The van der Waals surface area contributed by atoms with E-state index in [1.165, 1.54) is 6.42 Å². The van der Waals surface area contributed by atoms with Gasteiger partial charge in [-0.2, -0.15) is 0 Å². The number of rotatable bonds is 3. The van der Waals surface area contributed by atoms with Crippen molar-refractivity contribution in [3.05, 3.63) is 29.3 Å². The molecule has 0 amide bonds. The largest absolute Gasteiger partial charge is 0.369 e. The van der Waals surface area contributed by atoms with Crippen molar-refractivity contribution in [2.75, 3.05) is 45.2 Å². The van der Waals surface area contributed by atoms with Crippen molar-refractivity contribution in [2.24, 2.45) is 0 Å². The molecule has 1 atom stereocenters. The molecule has 0 saturated carbocycles. The molecular weight excluding hydrogens is 246 g/mol. The highest BCUT2D eigenvalue weighted by Gasteiger charge is 2.22. The molecule has 1 heterocycles. The first-order valence-electron chi connectivity index (χ1n) is 6.56. The van der Waals surface area contributed by atoms with Crippen LogP contribution in [-0.2, 0) is 0 Å². The number of nitrogens with zero attached hydrogens (tertiary/aromatic N) is 2. The predicted molar refractivity (Wildman–Crippen MR) is 78.6 cm³/mol. The van der Waals surface area contributed by atoms with Gasteiger partial charge in [0.25, 0.3) is 0 Å². The summed E-state index contributed by atoms with van der Waals surface area (Å²) in [7, 11) is 4.22. The second-order valence-electron chi connectivity index (χ2n) is 4.94. The summed E-state index contributed by atoms with van der Waals surface area (Å²) in [5, 5.41) is 4.13. The third kappa shape index (κ3) is 3.16. The van der Waals surface area contributed by atoms with Crippen molar-refractivity contribution >= 4 is 17.3 Å². The second kappa shape index (κ2) is 6.41. The lowest BCUT2D eigenvalue weighted by atomic mass is 10.2. The highest BCUT2D eigenvalue weighted by atomic mass is 35.5. The summed E-state index contributed by atoms with van der Waals surface area (Å²) in [4.78, 5) is 4.85. The van der Waals surface area contributed by atoms with Crippen LogP contribution in [0.3, 0.4) is 0 Å². The summed E-state index contributed by atoms with van der Waals surface area (Å²) in [5.74, 6) is 0. The van der Waals surface area contributed by atoms with Crippen LogP contribution >= 0.6 is 11.6 Å². The Morgan fingerprint density at radius 3 is 2.83 bits per heavy atom. The second-order valence-corrected chi connectivity index (χ2v) is 5.35. The number of likely N-dealkylation sites (N-methyl/N-ethyl adjacent to an activating group) is 2. The Kier molecular flexibility index (Phi) is 4.87. The molecule has 0 aliphatic carbocycles. The van der Waals surface area contributed by atoms with Gasteiger partial charge in [0.2, 0.25) is 0 Å². The van der Waals surface area contributed by atoms with Gasteiger partial charge in [-0.1, -0.05) is 23.7 Å². The van der Waals surface area contributed by atoms with Gasteiger partial charge in [-0.15, -0.1) is 0 Å². The first-order chi connectivity index (χ1) is 8.72. The smallest absolute Gasteiger partial charge is 0.0639 e. The fourth-order valence-electron chi connectivity index (χ4n) is 2.56. The van der Waals surface area contributed by atoms with Crippen LogP contribution in [0.2, 0.25) is 5.02 Å². The third-order valence-electron chi connectivity index (χ3n) is 3.63. The summed E-state index contributed by atoms with van der Waals surface area (Å²) in [6.45, 7) is 4.26. The van der Waals surface area contributed by atoms with E-state index in [0.717, 1.165) is 36.9 Å². The van der Waals surface area contributed by atoms with Gasteiger partial charge in [-0.25, -0.2) is 0 Å². The first kappa shape index (κ1) is 13.7. The van der Waals surface area contributed by atoms with Crippen molar-refractivity contribution in [2.45, 2.75) is 12.5 Å². The molecule has 1 aliphatic heterocycles. The van der Waals surface area contributed by atoms with Crippen LogP contribution in [0.5, 0.6) is 0 Å². The van der Waals surface area contributed by atoms with Gasteiger partial charge < -0.3 is 15.1 Å². The van der Waals surface area contributed by atoms with Gasteiger partial charge in [0.1, 0.15) is 0 Å². The molecule has 1 aliphatic rings. The monoisotopic (exact) mass is 267 g/mol. The van der Waals surface area contributed by atoms with E-state index in [0.29, 0.717) is 6.04 Å². The minimum absolute atomic E-state index is 0.536. The summed E-state index contributed by atoms with van der Waals surface area (Å²) >= 11 is 6.30. The van der Waals surface area contributed by atoms with E-state index in [9.17, 15) is 0 Å². The zero-order chi connectivity index (χ0) is 13.0. The molecule has 0 bridgehead atoms. The Balaban J connectivity index is 2.15. The highest BCUT2D eigenvalue weighted by molar-refractivity contribution is 6.33. The Hall–Kier alpha value is -0.770. The molecule has 1 aromatic rings. The quantitative estimate of drug-likeness (QED) is 0.905. The molecule has 18 heavy (non-hydrogen) atoms. The molecule has 1 aromatic carbocycles. The van der Waals surface area contributed by atoms with Gasteiger partial charge >= 0.3 is 0 Å². The average molecular weight is 268 g/mol. The van der Waals surface area contributed by atoms with Gasteiger partial charge in [0.05, 0.1) is 10.7 Å². The topological polar surface area (TPSA) is 18.5 Å². The minimum Gasteiger partial charge on any atom is -0.369 e. The molecule has 100 valence electrons. The molecule has 1 fully saturated rings. The predicted octanol–water partition coefficient (Wildman–Crippen LogP) is 2.07. The number of anilines is 1. The van der Waals surface area contributed by atoms with Gasteiger partial charge in [0, 0.05) is 25.7 Å². The van der Waals surface area contributed by atoms with E-state index in [2.05, 4.69) is 34.3 Å². The molecular formula is C14H22ClN3. The standard InChI is InChI=1S/C14H22ClN3/c1-16-10-12-11-18(9-5-8-17(12)2)14-7-4-3-6-13(14)15/h3-4,6-7,12,16H,5,8-11H2,1-2H3. The summed E-state index contributed by atoms with van der Waals surface area (Å²) in [6.07, 6.45) is 1.18. The van der Waals surface area contributed by atoms with Crippen LogP contribution < -0.4 is 10.2 Å². The zero-order valence-electron chi connectivity index (χ0n) is 11.2. The fraction of sp³-hybridized carbons (Fsp3) is 0.571. The molecule has 0 aromatic heterocycles. The van der Waals surface area contributed by atoms with Gasteiger partial charge in [-0.05, 0) is 39.2 Å². The van der Waals surface area contributed by atoms with Crippen LogP contribution in [0.1, 0.15) is 6.42 Å². The SMILES string of the molecule is CNCC1CN(c2ccccc2Cl)CCCN1C. The first-order valence-corrected chi connectivity index (χ1v) is 6.94. The molecule has 1 N–H and O–H groups in total. The van der Waals surface area contributed by atoms with E-state index < -0.39 is 0 Å². The Morgan fingerprint density at radius 2 is 2.11 bits per heavy atom. The van der Waals surface area contributed by atoms with Gasteiger partial charge in [-0.3, -0.25) is 0 Å². The number of hydrogen-bond donors (Lipinski definition) is 1. The van der Waals surface area contributed by atoms with Gasteiger partial charge in [0.15, 0.2) is 0 Å². The maximum Gasteiger partial charge on any atom is 0.0639 e. The maximum absolute atomic E-state index is 6.30. The number of halogens is 1. The fourth-order valence-corrected chi connectivity index (χ4v) is 2.82. The van der Waals surface area contributed by atoms with Crippen molar-refractivity contribution in [3.8, 4) is 0 Å². The lowest BCUT2D eigenvalue weighted by Gasteiger charge is -2.30. The van der Waals surface area contributed by atoms with Crippen LogP contribution in [0.25, 0.3) is 0 Å². The Morgan fingerprint density at radius 1 is 1.33 bits per heavy atom. The van der Waals surface area contributed by atoms with E-state index in [-0.39, 0.29) is 0 Å². The maximum atomic E-state index is 6.30. The average Bonchev–Trinajstić information content (AvgIpc) is 2.54. The van der Waals surface area contributed by atoms with Crippen LogP contribution in [0.15, 0.2) is 24.3 Å². The van der Waals surface area contributed by atoms with Crippen molar-refractivity contribution in [1.29, 1.82) is 0 Å². The molecule has 1 unspecified atom stereocenters. The van der Waals surface area contributed by atoms with Crippen molar-refractivity contribution in [1.82, 2.24) is 10.2 Å². The summed E-state index contributed by atoms with van der Waals surface area (Å²) < 4.78 is 0. The lowest BCUT2D eigenvalue weighted by molar-refractivity contribution is 0.257. The van der Waals surface area contributed by atoms with Crippen molar-refractivity contribution < 1.29 is 0 Å². The Labute approximate surface area is 115 Å². The van der Waals surface area contributed by atoms with E-state index in [1.54, 1.807) is 0 Å². The molecule has 0 spiro atoms. The number of hydrogen-bond acceptors (Lipinski definition) is 3. The van der Waals surface area contributed by atoms with E-state index in [1.807, 2.05) is 19.2 Å². The minimum atomic E-state index is 0.536. The molecule has 4 heteroatoms. The zero-order valence-corrected chi connectivity index (χ0v) is 12.0. The molecule has 3 nitrogen and oxygen atoms in total. The number of benzene rings is 1. The highest BCUT2D eigenvalue weighted by Crippen LogP contribution is 2.26. The molecule has 1 saturated heterocycles. The summed E-state index contributed by atoms with van der Waals surface area (Å²) in [6, 6.07) is 8.67. The number of para-hydroxylation sites is 1.